The fraction of sp³-hybridized carbons (Fsp3) is 0.136. The summed E-state index contributed by atoms with van der Waals surface area (Å²) in [5.74, 6) is -0.787. The van der Waals surface area contributed by atoms with Gasteiger partial charge < -0.3 is 4.57 Å². The fourth-order valence-electron chi connectivity index (χ4n) is 3.15. The number of carbonyl (C=O) groups excluding carboxylic acids is 1. The molecule has 0 fully saturated rings. The monoisotopic (exact) mass is 451 g/mol. The second-order valence-electron chi connectivity index (χ2n) is 6.91. The number of anilines is 1. The van der Waals surface area contributed by atoms with E-state index in [0.717, 1.165) is 0 Å². The summed E-state index contributed by atoms with van der Waals surface area (Å²) in [6.07, 6.45) is 8.71. The third-order valence-corrected chi connectivity index (χ3v) is 5.76. The van der Waals surface area contributed by atoms with Crippen LogP contribution >= 0.6 is 11.3 Å². The number of nitro groups is 1. The SMILES string of the molecule is O=C(/C=C/c1cccc([N+](=O)[O-])c1)N(CCCn1ccnc1)c1nc2c(F)cccc2s1. The third-order valence-electron chi connectivity index (χ3n) is 4.71. The summed E-state index contributed by atoms with van der Waals surface area (Å²) in [5.41, 5.74) is 0.697. The molecule has 10 heteroatoms. The van der Waals surface area contributed by atoms with Crippen molar-refractivity contribution in [2.45, 2.75) is 13.0 Å². The van der Waals surface area contributed by atoms with Crippen LogP contribution < -0.4 is 4.90 Å². The van der Waals surface area contributed by atoms with E-state index in [0.29, 0.717) is 34.9 Å². The van der Waals surface area contributed by atoms with E-state index in [1.165, 1.54) is 46.6 Å². The van der Waals surface area contributed by atoms with E-state index in [1.54, 1.807) is 36.8 Å². The number of thiazole rings is 1. The van der Waals surface area contributed by atoms with Gasteiger partial charge in [-0.05, 0) is 30.2 Å². The number of fused-ring (bicyclic) bond motifs is 1. The summed E-state index contributed by atoms with van der Waals surface area (Å²) in [5, 5.41) is 11.4. The quantitative estimate of drug-likeness (QED) is 0.220. The van der Waals surface area contributed by atoms with Crippen molar-refractivity contribution in [1.29, 1.82) is 0 Å². The minimum Gasteiger partial charge on any atom is -0.337 e. The Morgan fingerprint density at radius 2 is 2.12 bits per heavy atom. The summed E-state index contributed by atoms with van der Waals surface area (Å²) in [7, 11) is 0. The summed E-state index contributed by atoms with van der Waals surface area (Å²) in [4.78, 5) is 33.4. The normalized spacial score (nSPS) is 11.3. The van der Waals surface area contributed by atoms with Crippen molar-refractivity contribution in [3.05, 3.63) is 88.8 Å². The van der Waals surface area contributed by atoms with Gasteiger partial charge >= 0.3 is 0 Å². The van der Waals surface area contributed by atoms with Crippen molar-refractivity contribution < 1.29 is 14.1 Å². The van der Waals surface area contributed by atoms with E-state index >= 15 is 0 Å². The van der Waals surface area contributed by atoms with Crippen molar-refractivity contribution in [2.75, 3.05) is 11.4 Å². The number of hydrogen-bond acceptors (Lipinski definition) is 6. The summed E-state index contributed by atoms with van der Waals surface area (Å²) < 4.78 is 16.7. The molecule has 1 amide bonds. The molecule has 0 aliphatic heterocycles. The van der Waals surface area contributed by atoms with E-state index in [-0.39, 0.29) is 17.1 Å². The van der Waals surface area contributed by atoms with Gasteiger partial charge in [-0.2, -0.15) is 0 Å². The number of para-hydroxylation sites is 1. The van der Waals surface area contributed by atoms with Gasteiger partial charge in [0.1, 0.15) is 11.3 Å². The molecule has 0 bridgehead atoms. The van der Waals surface area contributed by atoms with Gasteiger partial charge in [-0.15, -0.1) is 0 Å². The van der Waals surface area contributed by atoms with Crippen LogP contribution in [0.25, 0.3) is 16.3 Å². The molecule has 2 aromatic carbocycles. The van der Waals surface area contributed by atoms with E-state index in [2.05, 4.69) is 9.97 Å². The van der Waals surface area contributed by atoms with E-state index < -0.39 is 10.7 Å². The molecule has 4 rings (SSSR count). The lowest BCUT2D eigenvalue weighted by molar-refractivity contribution is -0.384. The first-order valence-electron chi connectivity index (χ1n) is 9.76. The van der Waals surface area contributed by atoms with Gasteiger partial charge in [0.25, 0.3) is 11.6 Å². The molecule has 162 valence electrons. The number of hydrogen-bond donors (Lipinski definition) is 0. The second kappa shape index (κ2) is 9.48. The van der Waals surface area contributed by atoms with Crippen LogP contribution in [0.4, 0.5) is 15.2 Å². The number of benzene rings is 2. The first-order chi connectivity index (χ1) is 15.5. The number of amides is 1. The third kappa shape index (κ3) is 4.86. The molecular formula is C22H18FN5O3S. The van der Waals surface area contributed by atoms with Crippen LogP contribution in [0.5, 0.6) is 0 Å². The molecule has 0 unspecified atom stereocenters. The number of non-ortho nitro benzene ring substituents is 1. The number of imidazole rings is 1. The molecule has 4 aromatic rings. The highest BCUT2D eigenvalue weighted by Gasteiger charge is 2.19. The lowest BCUT2D eigenvalue weighted by Crippen LogP contribution is -2.30. The van der Waals surface area contributed by atoms with E-state index in [1.807, 2.05) is 10.8 Å². The zero-order valence-corrected chi connectivity index (χ0v) is 17.6. The fourth-order valence-corrected chi connectivity index (χ4v) is 4.16. The van der Waals surface area contributed by atoms with Crippen LogP contribution in [-0.2, 0) is 11.3 Å². The highest BCUT2D eigenvalue weighted by Crippen LogP contribution is 2.30. The topological polar surface area (TPSA) is 94.2 Å². The van der Waals surface area contributed by atoms with Gasteiger partial charge in [-0.3, -0.25) is 19.8 Å². The van der Waals surface area contributed by atoms with Crippen LogP contribution in [0.1, 0.15) is 12.0 Å². The molecule has 8 nitrogen and oxygen atoms in total. The molecule has 2 aromatic heterocycles. The Hall–Kier alpha value is -3.92. The lowest BCUT2D eigenvalue weighted by Gasteiger charge is -2.18. The molecule has 0 N–H and O–H groups in total. The number of aromatic nitrogens is 3. The highest BCUT2D eigenvalue weighted by atomic mass is 32.1. The summed E-state index contributed by atoms with van der Waals surface area (Å²) in [6, 6.07) is 10.7. The van der Waals surface area contributed by atoms with Crippen LogP contribution in [0, 0.1) is 15.9 Å². The van der Waals surface area contributed by atoms with E-state index in [4.69, 9.17) is 0 Å². The zero-order valence-electron chi connectivity index (χ0n) is 16.8. The molecular weight excluding hydrogens is 433 g/mol. The van der Waals surface area contributed by atoms with Crippen molar-refractivity contribution in [1.82, 2.24) is 14.5 Å². The average molecular weight is 451 g/mol. The number of halogens is 1. The molecule has 0 radical (unpaired) electrons. The smallest absolute Gasteiger partial charge is 0.270 e. The Balaban J connectivity index is 1.58. The maximum Gasteiger partial charge on any atom is 0.270 e. The van der Waals surface area contributed by atoms with Crippen molar-refractivity contribution >= 4 is 44.4 Å². The Kier molecular flexibility index (Phi) is 6.31. The minimum absolute atomic E-state index is 0.0570. The largest absolute Gasteiger partial charge is 0.337 e. The van der Waals surface area contributed by atoms with Gasteiger partial charge in [0.15, 0.2) is 5.13 Å². The minimum atomic E-state index is -0.489. The van der Waals surface area contributed by atoms with Gasteiger partial charge in [-0.1, -0.05) is 29.5 Å². The predicted octanol–water partition coefficient (Wildman–Crippen LogP) is 4.68. The first-order valence-corrected chi connectivity index (χ1v) is 10.6. The van der Waals surface area contributed by atoms with Gasteiger partial charge in [0.2, 0.25) is 0 Å². The Morgan fingerprint density at radius 1 is 1.28 bits per heavy atom. The summed E-state index contributed by atoms with van der Waals surface area (Å²) in [6.45, 7) is 1.01. The average Bonchev–Trinajstić information content (AvgIpc) is 3.46. The number of nitro benzene ring substituents is 1. The van der Waals surface area contributed by atoms with Crippen molar-refractivity contribution in [3.8, 4) is 0 Å². The predicted molar refractivity (Wildman–Crippen MR) is 121 cm³/mol. The lowest BCUT2D eigenvalue weighted by atomic mass is 10.2. The molecule has 32 heavy (non-hydrogen) atoms. The Morgan fingerprint density at radius 3 is 2.88 bits per heavy atom. The molecule has 0 aliphatic rings. The standard InChI is InChI=1S/C22H18FN5O3S/c23-18-6-2-7-19-21(18)25-22(32-19)27(12-3-11-26-13-10-24-15-26)20(29)9-8-16-4-1-5-17(14-16)28(30)31/h1-2,4-10,13-15H,3,11-12H2/b9-8+. The van der Waals surface area contributed by atoms with Crippen molar-refractivity contribution in [3.63, 3.8) is 0 Å². The highest BCUT2D eigenvalue weighted by molar-refractivity contribution is 7.22. The molecule has 0 saturated heterocycles. The van der Waals surface area contributed by atoms with Crippen LogP contribution in [-0.4, -0.2) is 31.9 Å². The maximum absolute atomic E-state index is 14.1. The first kappa shape index (κ1) is 21.3. The van der Waals surface area contributed by atoms with Gasteiger partial charge in [0.05, 0.1) is 16.0 Å². The van der Waals surface area contributed by atoms with Gasteiger partial charge in [-0.25, -0.2) is 14.4 Å². The second-order valence-corrected chi connectivity index (χ2v) is 7.92. The van der Waals surface area contributed by atoms with Crippen molar-refractivity contribution in [2.24, 2.45) is 0 Å². The number of aryl methyl sites for hydroxylation is 1. The molecule has 0 atom stereocenters. The van der Waals surface area contributed by atoms with Crippen LogP contribution in [0.15, 0.2) is 67.3 Å². The Bertz CT molecular complexity index is 1290. The number of rotatable bonds is 8. The van der Waals surface area contributed by atoms with Crippen LogP contribution in [0.2, 0.25) is 0 Å². The van der Waals surface area contributed by atoms with E-state index in [9.17, 15) is 19.3 Å². The molecule has 2 heterocycles. The van der Waals surface area contributed by atoms with Crippen LogP contribution in [0.3, 0.4) is 0 Å². The molecule has 0 spiro atoms. The zero-order chi connectivity index (χ0) is 22.5. The van der Waals surface area contributed by atoms with Gasteiger partial charge in [0, 0.05) is 43.7 Å². The molecule has 0 aliphatic carbocycles. The number of nitrogens with zero attached hydrogens (tertiary/aromatic N) is 5. The summed E-state index contributed by atoms with van der Waals surface area (Å²) >= 11 is 1.24. The molecule has 0 saturated carbocycles. The Labute approximate surface area is 186 Å². The maximum atomic E-state index is 14.1. The number of carbonyl (C=O) groups is 1.